The highest BCUT2D eigenvalue weighted by Gasteiger charge is 2.22. The molecule has 0 aliphatic carbocycles. The molecule has 0 unspecified atom stereocenters. The van der Waals surface area contributed by atoms with Crippen LogP contribution in [0.5, 0.6) is 0 Å². The van der Waals surface area contributed by atoms with Gasteiger partial charge in [0, 0.05) is 39.6 Å². The summed E-state index contributed by atoms with van der Waals surface area (Å²) in [5, 5.41) is 0. The van der Waals surface area contributed by atoms with Gasteiger partial charge < -0.3 is 9.80 Å². The highest BCUT2D eigenvalue weighted by Crippen LogP contribution is 2.10. The number of rotatable bonds is 4. The van der Waals surface area contributed by atoms with E-state index in [4.69, 9.17) is 0 Å². The van der Waals surface area contributed by atoms with Crippen molar-refractivity contribution < 1.29 is 9.59 Å². The van der Waals surface area contributed by atoms with Gasteiger partial charge in [-0.25, -0.2) is 0 Å². The number of carbonyl (C=O) groups excluding carboxylic acids is 2. The van der Waals surface area contributed by atoms with Crippen LogP contribution in [-0.2, 0) is 16.1 Å². The van der Waals surface area contributed by atoms with Crippen molar-refractivity contribution in [3.05, 3.63) is 35.4 Å². The predicted molar refractivity (Wildman–Crippen MR) is 86.3 cm³/mol. The number of benzene rings is 1. The number of hydrogen-bond donors (Lipinski definition) is 0. The molecule has 5 heteroatoms. The Balaban J connectivity index is 1.82. The third kappa shape index (κ3) is 4.31. The summed E-state index contributed by atoms with van der Waals surface area (Å²) >= 11 is 0. The molecule has 1 aromatic rings. The van der Waals surface area contributed by atoms with Gasteiger partial charge in [0.1, 0.15) is 0 Å². The zero-order chi connectivity index (χ0) is 16.1. The van der Waals surface area contributed by atoms with Crippen LogP contribution in [0.1, 0.15) is 18.1 Å². The Labute approximate surface area is 132 Å². The van der Waals surface area contributed by atoms with Crippen molar-refractivity contribution in [2.75, 3.05) is 39.8 Å². The summed E-state index contributed by atoms with van der Waals surface area (Å²) in [5.74, 6) is 0.225. The van der Waals surface area contributed by atoms with E-state index in [1.807, 2.05) is 29.0 Å². The maximum absolute atomic E-state index is 12.3. The number of aryl methyl sites for hydroxylation is 1. The van der Waals surface area contributed by atoms with Crippen molar-refractivity contribution in [1.82, 2.24) is 14.7 Å². The van der Waals surface area contributed by atoms with Crippen molar-refractivity contribution >= 4 is 11.8 Å². The van der Waals surface area contributed by atoms with E-state index in [-0.39, 0.29) is 11.8 Å². The van der Waals surface area contributed by atoms with Gasteiger partial charge >= 0.3 is 0 Å². The molecule has 1 aliphatic heterocycles. The quantitative estimate of drug-likeness (QED) is 0.837. The first kappa shape index (κ1) is 16.5. The molecule has 0 aromatic heterocycles. The molecule has 0 atom stereocenters. The van der Waals surface area contributed by atoms with Gasteiger partial charge in [-0.2, -0.15) is 0 Å². The summed E-state index contributed by atoms with van der Waals surface area (Å²) in [6, 6.07) is 8.24. The highest BCUT2D eigenvalue weighted by molar-refractivity contribution is 5.79. The van der Waals surface area contributed by atoms with E-state index in [9.17, 15) is 9.59 Å². The molecule has 120 valence electrons. The van der Waals surface area contributed by atoms with E-state index >= 15 is 0 Å². The Morgan fingerprint density at radius 3 is 2.27 bits per heavy atom. The van der Waals surface area contributed by atoms with Crippen LogP contribution in [0.2, 0.25) is 0 Å². The van der Waals surface area contributed by atoms with Crippen LogP contribution >= 0.6 is 0 Å². The largest absolute Gasteiger partial charge is 0.339 e. The van der Waals surface area contributed by atoms with E-state index in [0.29, 0.717) is 32.7 Å². The molecular formula is C17H25N3O2. The molecule has 2 amide bonds. The Morgan fingerprint density at radius 1 is 1.09 bits per heavy atom. The lowest BCUT2D eigenvalue weighted by molar-refractivity contribution is -0.139. The molecule has 0 radical (unpaired) electrons. The Hall–Kier alpha value is -1.88. The van der Waals surface area contributed by atoms with E-state index in [1.54, 1.807) is 11.8 Å². The smallest absolute Gasteiger partial charge is 0.236 e. The maximum Gasteiger partial charge on any atom is 0.236 e. The molecule has 1 aliphatic rings. The topological polar surface area (TPSA) is 43.9 Å². The number of carbonyl (C=O) groups is 2. The zero-order valence-electron chi connectivity index (χ0n) is 13.7. The summed E-state index contributed by atoms with van der Waals surface area (Å²) in [5.41, 5.74) is 2.50. The first-order chi connectivity index (χ1) is 10.5. The van der Waals surface area contributed by atoms with Gasteiger partial charge in [-0.1, -0.05) is 24.3 Å². The summed E-state index contributed by atoms with van der Waals surface area (Å²) in [6.07, 6.45) is 0. The minimum Gasteiger partial charge on any atom is -0.339 e. The standard InChI is InChI=1S/C17H25N3O2/c1-14-6-4-5-7-16(14)12-18(3)13-17(22)20-10-8-19(9-11-20)15(2)21/h4-7H,8-13H2,1-3H3. The summed E-state index contributed by atoms with van der Waals surface area (Å²) in [7, 11) is 1.97. The molecule has 0 N–H and O–H groups in total. The molecule has 0 saturated carbocycles. The van der Waals surface area contributed by atoms with Crippen molar-refractivity contribution in [2.45, 2.75) is 20.4 Å². The minimum atomic E-state index is 0.0868. The second-order valence-corrected chi connectivity index (χ2v) is 5.99. The average Bonchev–Trinajstić information content (AvgIpc) is 2.49. The van der Waals surface area contributed by atoms with Crippen molar-refractivity contribution in [3.63, 3.8) is 0 Å². The molecular weight excluding hydrogens is 278 g/mol. The maximum atomic E-state index is 12.3. The van der Waals surface area contributed by atoms with Gasteiger partial charge in [0.05, 0.1) is 6.54 Å². The predicted octanol–water partition coefficient (Wildman–Crippen LogP) is 1.12. The van der Waals surface area contributed by atoms with Crippen molar-refractivity contribution in [2.24, 2.45) is 0 Å². The first-order valence-corrected chi connectivity index (χ1v) is 7.73. The van der Waals surface area contributed by atoms with Crippen LogP contribution in [-0.4, -0.2) is 66.3 Å². The summed E-state index contributed by atoms with van der Waals surface area (Å²) in [4.78, 5) is 29.3. The van der Waals surface area contributed by atoms with Crippen LogP contribution in [0.3, 0.4) is 0 Å². The number of piperazine rings is 1. The fourth-order valence-corrected chi connectivity index (χ4v) is 2.74. The molecule has 1 fully saturated rings. The van der Waals surface area contributed by atoms with Crippen molar-refractivity contribution in [3.8, 4) is 0 Å². The third-order valence-corrected chi connectivity index (χ3v) is 4.18. The van der Waals surface area contributed by atoms with Crippen molar-refractivity contribution in [1.29, 1.82) is 0 Å². The number of likely N-dealkylation sites (N-methyl/N-ethyl adjacent to an activating group) is 1. The Kier molecular flexibility index (Phi) is 5.55. The van der Waals surface area contributed by atoms with Gasteiger partial charge in [0.15, 0.2) is 0 Å². The normalized spacial score (nSPS) is 15.3. The lowest BCUT2D eigenvalue weighted by Crippen LogP contribution is -2.51. The molecule has 22 heavy (non-hydrogen) atoms. The van der Waals surface area contributed by atoms with Crippen LogP contribution in [0.15, 0.2) is 24.3 Å². The van der Waals surface area contributed by atoms with E-state index in [1.165, 1.54) is 11.1 Å². The summed E-state index contributed by atoms with van der Waals surface area (Å²) in [6.45, 7) is 7.40. The monoisotopic (exact) mass is 303 g/mol. The Bertz CT molecular complexity index is 536. The van der Waals surface area contributed by atoms with Gasteiger partial charge in [0.2, 0.25) is 11.8 Å². The molecule has 1 aromatic carbocycles. The van der Waals surface area contributed by atoms with Gasteiger partial charge in [0.25, 0.3) is 0 Å². The highest BCUT2D eigenvalue weighted by atomic mass is 16.2. The molecule has 0 spiro atoms. The Morgan fingerprint density at radius 2 is 1.68 bits per heavy atom. The van der Waals surface area contributed by atoms with E-state index in [0.717, 1.165) is 6.54 Å². The van der Waals surface area contributed by atoms with Crippen LogP contribution < -0.4 is 0 Å². The first-order valence-electron chi connectivity index (χ1n) is 7.73. The van der Waals surface area contributed by atoms with Gasteiger partial charge in [-0.05, 0) is 25.1 Å². The summed E-state index contributed by atoms with van der Waals surface area (Å²) < 4.78 is 0. The van der Waals surface area contributed by atoms with Crippen LogP contribution in [0, 0.1) is 6.92 Å². The van der Waals surface area contributed by atoms with Crippen LogP contribution in [0.4, 0.5) is 0 Å². The van der Waals surface area contributed by atoms with Crippen LogP contribution in [0.25, 0.3) is 0 Å². The average molecular weight is 303 g/mol. The molecule has 5 nitrogen and oxygen atoms in total. The SMILES string of the molecule is CC(=O)N1CCN(C(=O)CN(C)Cc2ccccc2C)CC1. The molecule has 2 rings (SSSR count). The van der Waals surface area contributed by atoms with Gasteiger partial charge in [-0.3, -0.25) is 14.5 Å². The second kappa shape index (κ2) is 7.40. The molecule has 1 saturated heterocycles. The van der Waals surface area contributed by atoms with E-state index < -0.39 is 0 Å². The minimum absolute atomic E-state index is 0.0868. The van der Waals surface area contributed by atoms with E-state index in [2.05, 4.69) is 19.1 Å². The zero-order valence-corrected chi connectivity index (χ0v) is 13.7. The second-order valence-electron chi connectivity index (χ2n) is 5.99. The fraction of sp³-hybridized carbons (Fsp3) is 0.529. The fourth-order valence-electron chi connectivity index (χ4n) is 2.74. The molecule has 1 heterocycles. The number of hydrogen-bond acceptors (Lipinski definition) is 3. The molecule has 0 bridgehead atoms. The van der Waals surface area contributed by atoms with Gasteiger partial charge in [-0.15, -0.1) is 0 Å². The lowest BCUT2D eigenvalue weighted by atomic mass is 10.1. The number of nitrogens with zero attached hydrogens (tertiary/aromatic N) is 3. The third-order valence-electron chi connectivity index (χ3n) is 4.18. The lowest BCUT2D eigenvalue weighted by Gasteiger charge is -2.35. The number of amides is 2.